The lowest BCUT2D eigenvalue weighted by Crippen LogP contribution is -2.41. The lowest BCUT2D eigenvalue weighted by molar-refractivity contribution is 0.135. The van der Waals surface area contributed by atoms with Gasteiger partial charge in [0.2, 0.25) is 5.88 Å². The fraction of sp³-hybridized carbons (Fsp3) is 0.368. The number of benzene rings is 1. The van der Waals surface area contributed by atoms with Crippen LogP contribution in [0.3, 0.4) is 0 Å². The van der Waals surface area contributed by atoms with Gasteiger partial charge in [-0.1, -0.05) is 6.07 Å². The molecule has 0 atom stereocenters. The van der Waals surface area contributed by atoms with E-state index in [0.29, 0.717) is 11.6 Å². The lowest BCUT2D eigenvalue weighted by atomic mass is 9.93. The van der Waals surface area contributed by atoms with E-state index in [2.05, 4.69) is 15.6 Å². The van der Waals surface area contributed by atoms with Crippen LogP contribution in [0.5, 0.6) is 5.88 Å². The van der Waals surface area contributed by atoms with Crippen molar-refractivity contribution in [3.8, 4) is 5.88 Å². The summed E-state index contributed by atoms with van der Waals surface area (Å²) in [4.78, 5) is 16.3. The first-order chi connectivity index (χ1) is 12.1. The molecular weight excluding hydrogens is 321 g/mol. The summed E-state index contributed by atoms with van der Waals surface area (Å²) in [5.74, 6) is 0.323. The Balaban J connectivity index is 1.42. The van der Waals surface area contributed by atoms with Gasteiger partial charge in [-0.15, -0.1) is 0 Å². The van der Waals surface area contributed by atoms with Gasteiger partial charge in [0.1, 0.15) is 11.9 Å². The smallest absolute Gasteiger partial charge is 0.319 e. The van der Waals surface area contributed by atoms with Gasteiger partial charge in [-0.3, -0.25) is 0 Å². The van der Waals surface area contributed by atoms with Crippen LogP contribution in [0.25, 0.3) is 0 Å². The van der Waals surface area contributed by atoms with E-state index in [9.17, 15) is 9.18 Å². The predicted octanol–water partition coefficient (Wildman–Crippen LogP) is 4.04. The average Bonchev–Trinajstić information content (AvgIpc) is 2.61. The highest BCUT2D eigenvalue weighted by Gasteiger charge is 2.23. The van der Waals surface area contributed by atoms with Crippen molar-refractivity contribution >= 4 is 11.7 Å². The molecule has 132 valence electrons. The Kier molecular flexibility index (Phi) is 5.48. The van der Waals surface area contributed by atoms with E-state index in [1.54, 1.807) is 6.20 Å². The molecule has 1 aliphatic rings. The normalized spacial score (nSPS) is 19.9. The third kappa shape index (κ3) is 5.17. The summed E-state index contributed by atoms with van der Waals surface area (Å²) in [5, 5.41) is 5.67. The zero-order chi connectivity index (χ0) is 17.6. The Hall–Kier alpha value is -2.63. The van der Waals surface area contributed by atoms with Crippen molar-refractivity contribution in [2.24, 2.45) is 0 Å². The van der Waals surface area contributed by atoms with Gasteiger partial charge in [0.15, 0.2) is 0 Å². The molecule has 2 N–H and O–H groups in total. The number of nitrogens with one attached hydrogen (secondary N) is 2. The summed E-state index contributed by atoms with van der Waals surface area (Å²) in [7, 11) is 0. The minimum Gasteiger partial charge on any atom is -0.474 e. The summed E-state index contributed by atoms with van der Waals surface area (Å²) in [6, 6.07) is 9.42. The summed E-state index contributed by atoms with van der Waals surface area (Å²) in [6.07, 6.45) is 5.38. The van der Waals surface area contributed by atoms with Crippen LogP contribution < -0.4 is 15.4 Å². The van der Waals surface area contributed by atoms with E-state index >= 15 is 0 Å². The number of hydrogen-bond donors (Lipinski definition) is 2. The minimum atomic E-state index is -0.327. The molecule has 0 saturated heterocycles. The molecule has 1 heterocycles. The van der Waals surface area contributed by atoms with Gasteiger partial charge in [0.25, 0.3) is 0 Å². The van der Waals surface area contributed by atoms with E-state index in [0.717, 1.165) is 31.2 Å². The molecule has 2 amide bonds. The predicted molar refractivity (Wildman–Crippen MR) is 94.2 cm³/mol. The third-order valence-electron chi connectivity index (χ3n) is 4.28. The highest BCUT2D eigenvalue weighted by molar-refractivity contribution is 5.89. The second kappa shape index (κ2) is 7.96. The summed E-state index contributed by atoms with van der Waals surface area (Å²) >= 11 is 0. The molecule has 6 heteroatoms. The molecule has 5 nitrogen and oxygen atoms in total. The molecule has 3 rings (SSSR count). The topological polar surface area (TPSA) is 63.2 Å². The highest BCUT2D eigenvalue weighted by Crippen LogP contribution is 2.23. The van der Waals surface area contributed by atoms with Gasteiger partial charge < -0.3 is 15.4 Å². The Labute approximate surface area is 146 Å². The minimum absolute atomic E-state index is 0.117. The van der Waals surface area contributed by atoms with Crippen molar-refractivity contribution in [2.45, 2.75) is 44.8 Å². The Morgan fingerprint density at radius 3 is 2.48 bits per heavy atom. The molecule has 1 aromatic heterocycles. The third-order valence-corrected chi connectivity index (χ3v) is 4.28. The van der Waals surface area contributed by atoms with Crippen LogP contribution in [0.15, 0.2) is 42.6 Å². The Bertz CT molecular complexity index is 696. The van der Waals surface area contributed by atoms with E-state index in [1.807, 2.05) is 19.1 Å². The van der Waals surface area contributed by atoms with Gasteiger partial charge in [0, 0.05) is 24.0 Å². The van der Waals surface area contributed by atoms with Crippen molar-refractivity contribution in [1.82, 2.24) is 10.3 Å². The average molecular weight is 343 g/mol. The molecule has 1 aliphatic carbocycles. The summed E-state index contributed by atoms with van der Waals surface area (Å²) < 4.78 is 18.8. The van der Waals surface area contributed by atoms with Gasteiger partial charge in [-0.2, -0.15) is 0 Å². The standard InChI is InChI=1S/C19H22FN3O2/c1-13-2-11-18(21-12-13)25-17-9-7-16(8-10-17)23-19(24)22-15-5-3-14(20)4-6-15/h2-6,11-12,16-17H,7-10H2,1H3,(H2,22,23,24). The van der Waals surface area contributed by atoms with Crippen molar-refractivity contribution in [3.63, 3.8) is 0 Å². The highest BCUT2D eigenvalue weighted by atomic mass is 19.1. The van der Waals surface area contributed by atoms with Gasteiger partial charge in [0.05, 0.1) is 0 Å². The molecular formula is C19H22FN3O2. The number of carbonyl (C=O) groups is 1. The van der Waals surface area contributed by atoms with E-state index in [-0.39, 0.29) is 24.0 Å². The van der Waals surface area contributed by atoms with E-state index in [4.69, 9.17) is 4.74 Å². The van der Waals surface area contributed by atoms with Crippen LogP contribution in [0, 0.1) is 12.7 Å². The van der Waals surface area contributed by atoms with Crippen molar-refractivity contribution in [3.05, 3.63) is 54.0 Å². The number of pyridine rings is 1. The second-order valence-corrected chi connectivity index (χ2v) is 6.37. The van der Waals surface area contributed by atoms with Gasteiger partial charge in [-0.25, -0.2) is 14.2 Å². The zero-order valence-corrected chi connectivity index (χ0v) is 14.2. The maximum Gasteiger partial charge on any atom is 0.319 e. The molecule has 0 unspecified atom stereocenters. The monoisotopic (exact) mass is 343 g/mol. The number of amides is 2. The first kappa shape index (κ1) is 17.2. The first-order valence-corrected chi connectivity index (χ1v) is 8.51. The zero-order valence-electron chi connectivity index (χ0n) is 14.2. The Morgan fingerprint density at radius 1 is 1.12 bits per heavy atom. The molecule has 0 spiro atoms. The molecule has 1 saturated carbocycles. The summed E-state index contributed by atoms with van der Waals surface area (Å²) in [6.45, 7) is 1.99. The number of halogens is 1. The number of carbonyl (C=O) groups excluding carboxylic acids is 1. The van der Waals surface area contributed by atoms with Crippen molar-refractivity contribution in [1.29, 1.82) is 0 Å². The van der Waals surface area contributed by atoms with Crippen LogP contribution in [-0.2, 0) is 0 Å². The van der Waals surface area contributed by atoms with Gasteiger partial charge in [-0.05, 0) is 62.4 Å². The fourth-order valence-corrected chi connectivity index (χ4v) is 2.91. The van der Waals surface area contributed by atoms with E-state index in [1.165, 1.54) is 24.3 Å². The first-order valence-electron chi connectivity index (χ1n) is 8.51. The van der Waals surface area contributed by atoms with E-state index < -0.39 is 0 Å². The number of urea groups is 1. The number of ether oxygens (including phenoxy) is 1. The number of rotatable bonds is 4. The quantitative estimate of drug-likeness (QED) is 0.880. The molecule has 0 radical (unpaired) electrons. The SMILES string of the molecule is Cc1ccc(OC2CCC(NC(=O)Nc3ccc(F)cc3)CC2)nc1. The van der Waals surface area contributed by atoms with Crippen LogP contribution >= 0.6 is 0 Å². The second-order valence-electron chi connectivity index (χ2n) is 6.37. The fourth-order valence-electron chi connectivity index (χ4n) is 2.91. The van der Waals surface area contributed by atoms with Crippen LogP contribution in [-0.4, -0.2) is 23.2 Å². The maximum atomic E-state index is 12.9. The molecule has 2 aromatic rings. The summed E-state index contributed by atoms with van der Waals surface area (Å²) in [5.41, 5.74) is 1.67. The number of hydrogen-bond acceptors (Lipinski definition) is 3. The molecule has 25 heavy (non-hydrogen) atoms. The molecule has 1 fully saturated rings. The number of nitrogens with zero attached hydrogens (tertiary/aromatic N) is 1. The number of anilines is 1. The lowest BCUT2D eigenvalue weighted by Gasteiger charge is -2.29. The van der Waals surface area contributed by atoms with Crippen LogP contribution in [0.2, 0.25) is 0 Å². The largest absolute Gasteiger partial charge is 0.474 e. The molecule has 1 aromatic carbocycles. The van der Waals surface area contributed by atoms with Crippen LogP contribution in [0.1, 0.15) is 31.2 Å². The van der Waals surface area contributed by atoms with Gasteiger partial charge >= 0.3 is 6.03 Å². The molecule has 0 bridgehead atoms. The number of aromatic nitrogens is 1. The Morgan fingerprint density at radius 2 is 1.84 bits per heavy atom. The maximum absolute atomic E-state index is 12.9. The van der Waals surface area contributed by atoms with Crippen molar-refractivity contribution < 1.29 is 13.9 Å². The van der Waals surface area contributed by atoms with Crippen molar-refractivity contribution in [2.75, 3.05) is 5.32 Å². The number of aryl methyl sites for hydroxylation is 1. The molecule has 0 aliphatic heterocycles. The van der Waals surface area contributed by atoms with Crippen LogP contribution in [0.4, 0.5) is 14.9 Å².